The molecule has 1 aromatic rings. The van der Waals surface area contributed by atoms with E-state index in [4.69, 9.17) is 5.11 Å². The standard InChI is InChI=1S/C13H15NO2/c1-3-4-5-9-14(2)12-8-6-7-11(10-12)13(15)16/h3-8,10H,1,9H2,2H3,(H,15,16)/b5-4+. The Hall–Kier alpha value is -2.03. The highest BCUT2D eigenvalue weighted by Gasteiger charge is 2.04. The van der Waals surface area contributed by atoms with Crippen LogP contribution in [0.1, 0.15) is 10.4 Å². The van der Waals surface area contributed by atoms with Gasteiger partial charge in [-0.1, -0.05) is 30.9 Å². The molecule has 1 aromatic carbocycles. The molecule has 0 fully saturated rings. The summed E-state index contributed by atoms with van der Waals surface area (Å²) in [4.78, 5) is 12.8. The average Bonchev–Trinajstić information content (AvgIpc) is 2.29. The molecule has 0 saturated carbocycles. The summed E-state index contributed by atoms with van der Waals surface area (Å²) in [6, 6.07) is 6.87. The molecule has 0 amide bonds. The van der Waals surface area contributed by atoms with E-state index in [1.54, 1.807) is 24.3 Å². The van der Waals surface area contributed by atoms with Crippen molar-refractivity contribution in [3.63, 3.8) is 0 Å². The first-order valence-corrected chi connectivity index (χ1v) is 4.97. The maximum absolute atomic E-state index is 10.8. The molecule has 0 aliphatic heterocycles. The maximum Gasteiger partial charge on any atom is 0.335 e. The van der Waals surface area contributed by atoms with E-state index in [1.165, 1.54) is 0 Å². The number of allylic oxidation sites excluding steroid dienone is 2. The van der Waals surface area contributed by atoms with Crippen LogP contribution in [0.15, 0.2) is 49.1 Å². The molecule has 0 spiro atoms. The van der Waals surface area contributed by atoms with E-state index in [-0.39, 0.29) is 0 Å². The predicted octanol–water partition coefficient (Wildman–Crippen LogP) is 2.56. The van der Waals surface area contributed by atoms with Gasteiger partial charge >= 0.3 is 5.97 Å². The lowest BCUT2D eigenvalue weighted by atomic mass is 10.2. The van der Waals surface area contributed by atoms with Gasteiger partial charge in [-0.2, -0.15) is 0 Å². The normalized spacial score (nSPS) is 10.3. The second-order valence-electron chi connectivity index (χ2n) is 3.40. The van der Waals surface area contributed by atoms with Crippen molar-refractivity contribution in [1.82, 2.24) is 0 Å². The highest BCUT2D eigenvalue weighted by molar-refractivity contribution is 5.88. The van der Waals surface area contributed by atoms with Crippen molar-refractivity contribution >= 4 is 11.7 Å². The smallest absolute Gasteiger partial charge is 0.335 e. The van der Waals surface area contributed by atoms with Crippen LogP contribution in [0, 0.1) is 0 Å². The quantitative estimate of drug-likeness (QED) is 0.770. The number of carboxylic acid groups (broad SMARTS) is 1. The topological polar surface area (TPSA) is 40.5 Å². The van der Waals surface area contributed by atoms with Gasteiger partial charge in [0.1, 0.15) is 0 Å². The lowest BCUT2D eigenvalue weighted by Gasteiger charge is -2.17. The zero-order chi connectivity index (χ0) is 12.0. The molecule has 0 aliphatic rings. The van der Waals surface area contributed by atoms with Gasteiger partial charge in [0.15, 0.2) is 0 Å². The number of rotatable bonds is 5. The van der Waals surface area contributed by atoms with Crippen LogP contribution in [0.5, 0.6) is 0 Å². The number of hydrogen-bond acceptors (Lipinski definition) is 2. The number of likely N-dealkylation sites (N-methyl/N-ethyl adjacent to an activating group) is 1. The number of benzene rings is 1. The first-order valence-electron chi connectivity index (χ1n) is 4.97. The first-order chi connectivity index (χ1) is 7.65. The van der Waals surface area contributed by atoms with E-state index in [9.17, 15) is 4.79 Å². The summed E-state index contributed by atoms with van der Waals surface area (Å²) in [6.45, 7) is 4.30. The van der Waals surface area contributed by atoms with E-state index in [2.05, 4.69) is 6.58 Å². The number of nitrogens with zero attached hydrogens (tertiary/aromatic N) is 1. The summed E-state index contributed by atoms with van der Waals surface area (Å²) in [6.07, 6.45) is 5.53. The van der Waals surface area contributed by atoms with E-state index in [1.807, 2.05) is 30.2 Å². The minimum Gasteiger partial charge on any atom is -0.478 e. The van der Waals surface area contributed by atoms with Gasteiger partial charge in [0.25, 0.3) is 0 Å². The molecule has 0 unspecified atom stereocenters. The molecule has 0 aliphatic carbocycles. The molecule has 1 N–H and O–H groups in total. The minimum absolute atomic E-state index is 0.303. The Labute approximate surface area is 95.3 Å². The van der Waals surface area contributed by atoms with E-state index < -0.39 is 5.97 Å². The Morgan fingerprint density at radius 3 is 2.94 bits per heavy atom. The third kappa shape index (κ3) is 3.28. The van der Waals surface area contributed by atoms with Gasteiger partial charge in [0, 0.05) is 19.3 Å². The third-order valence-electron chi connectivity index (χ3n) is 2.19. The molecule has 0 heterocycles. The van der Waals surface area contributed by atoms with E-state index in [0.29, 0.717) is 5.56 Å². The monoisotopic (exact) mass is 217 g/mol. The Kier molecular flexibility index (Phi) is 4.33. The number of hydrogen-bond donors (Lipinski definition) is 1. The number of carboxylic acids is 1. The predicted molar refractivity (Wildman–Crippen MR) is 66.0 cm³/mol. The highest BCUT2D eigenvalue weighted by atomic mass is 16.4. The minimum atomic E-state index is -0.906. The Morgan fingerprint density at radius 2 is 2.31 bits per heavy atom. The maximum atomic E-state index is 10.8. The molecule has 3 heteroatoms. The lowest BCUT2D eigenvalue weighted by Crippen LogP contribution is -2.17. The Morgan fingerprint density at radius 1 is 1.56 bits per heavy atom. The molecule has 16 heavy (non-hydrogen) atoms. The fourth-order valence-corrected chi connectivity index (χ4v) is 1.30. The van der Waals surface area contributed by atoms with E-state index in [0.717, 1.165) is 12.2 Å². The Bertz CT molecular complexity index is 410. The number of aromatic carboxylic acids is 1. The van der Waals surface area contributed by atoms with Crippen molar-refractivity contribution in [2.75, 3.05) is 18.5 Å². The van der Waals surface area contributed by atoms with Crippen molar-refractivity contribution in [1.29, 1.82) is 0 Å². The molecule has 0 saturated heterocycles. The van der Waals surface area contributed by atoms with Gasteiger partial charge in [-0.25, -0.2) is 4.79 Å². The molecular formula is C13H15NO2. The van der Waals surface area contributed by atoms with Crippen molar-refractivity contribution in [2.45, 2.75) is 0 Å². The second kappa shape index (κ2) is 5.75. The van der Waals surface area contributed by atoms with Gasteiger partial charge in [-0.15, -0.1) is 0 Å². The summed E-state index contributed by atoms with van der Waals surface area (Å²) in [7, 11) is 1.91. The molecule has 1 rings (SSSR count). The lowest BCUT2D eigenvalue weighted by molar-refractivity contribution is 0.0697. The van der Waals surface area contributed by atoms with Crippen LogP contribution < -0.4 is 4.90 Å². The Balaban J connectivity index is 2.78. The summed E-state index contributed by atoms with van der Waals surface area (Å²) in [5.74, 6) is -0.906. The van der Waals surface area contributed by atoms with Crippen LogP contribution in [0.25, 0.3) is 0 Å². The van der Waals surface area contributed by atoms with Crippen LogP contribution in [0.4, 0.5) is 5.69 Å². The van der Waals surface area contributed by atoms with Crippen molar-refractivity contribution in [3.8, 4) is 0 Å². The highest BCUT2D eigenvalue weighted by Crippen LogP contribution is 2.14. The summed E-state index contributed by atoms with van der Waals surface area (Å²) >= 11 is 0. The average molecular weight is 217 g/mol. The molecule has 3 nitrogen and oxygen atoms in total. The summed E-state index contributed by atoms with van der Waals surface area (Å²) in [5, 5.41) is 8.86. The molecule has 0 radical (unpaired) electrons. The molecule has 84 valence electrons. The van der Waals surface area contributed by atoms with Crippen LogP contribution >= 0.6 is 0 Å². The zero-order valence-electron chi connectivity index (χ0n) is 9.26. The van der Waals surface area contributed by atoms with E-state index >= 15 is 0 Å². The van der Waals surface area contributed by atoms with Crippen LogP contribution in [-0.2, 0) is 0 Å². The zero-order valence-corrected chi connectivity index (χ0v) is 9.26. The first kappa shape index (κ1) is 12.0. The number of carbonyl (C=O) groups is 1. The van der Waals surface area contributed by atoms with Gasteiger partial charge in [-0.3, -0.25) is 0 Å². The third-order valence-corrected chi connectivity index (χ3v) is 2.19. The fraction of sp³-hybridized carbons (Fsp3) is 0.154. The second-order valence-corrected chi connectivity index (χ2v) is 3.40. The summed E-state index contributed by atoms with van der Waals surface area (Å²) < 4.78 is 0. The van der Waals surface area contributed by atoms with Crippen LogP contribution in [0.2, 0.25) is 0 Å². The summed E-state index contributed by atoms with van der Waals surface area (Å²) in [5.41, 5.74) is 1.19. The van der Waals surface area contributed by atoms with Gasteiger partial charge in [0.05, 0.1) is 5.56 Å². The van der Waals surface area contributed by atoms with Gasteiger partial charge in [-0.05, 0) is 18.2 Å². The van der Waals surface area contributed by atoms with Crippen LogP contribution in [-0.4, -0.2) is 24.7 Å². The molecule has 0 aromatic heterocycles. The largest absolute Gasteiger partial charge is 0.478 e. The number of anilines is 1. The van der Waals surface area contributed by atoms with Crippen molar-refractivity contribution in [3.05, 3.63) is 54.6 Å². The SMILES string of the molecule is C=C/C=C/CN(C)c1cccc(C(=O)O)c1. The molecular weight excluding hydrogens is 202 g/mol. The van der Waals surface area contributed by atoms with Gasteiger partial charge < -0.3 is 10.0 Å². The van der Waals surface area contributed by atoms with Crippen LogP contribution in [0.3, 0.4) is 0 Å². The fourth-order valence-electron chi connectivity index (χ4n) is 1.30. The molecule has 0 bridgehead atoms. The van der Waals surface area contributed by atoms with Crippen molar-refractivity contribution < 1.29 is 9.90 Å². The van der Waals surface area contributed by atoms with Crippen molar-refractivity contribution in [2.24, 2.45) is 0 Å². The molecule has 0 atom stereocenters. The van der Waals surface area contributed by atoms with Gasteiger partial charge in [0.2, 0.25) is 0 Å².